The zero-order valence-corrected chi connectivity index (χ0v) is 13.4. The quantitative estimate of drug-likeness (QED) is 0.801. The van der Waals surface area contributed by atoms with Gasteiger partial charge in [0.2, 0.25) is 0 Å². The topological polar surface area (TPSA) is 57.3 Å². The number of fused-ring (bicyclic) bond motifs is 1. The summed E-state index contributed by atoms with van der Waals surface area (Å²) in [5, 5.41) is 1.01. The van der Waals surface area contributed by atoms with E-state index in [1.54, 1.807) is 25.6 Å². The van der Waals surface area contributed by atoms with Gasteiger partial charge in [-0.1, -0.05) is 0 Å². The molecule has 6 nitrogen and oxygen atoms in total. The van der Waals surface area contributed by atoms with Gasteiger partial charge in [0.15, 0.2) is 0 Å². The van der Waals surface area contributed by atoms with E-state index in [0.717, 1.165) is 43.0 Å². The fraction of sp³-hybridized carbons (Fsp3) is 0.294. The lowest BCUT2D eigenvalue weighted by atomic mass is 10.2. The van der Waals surface area contributed by atoms with Crippen LogP contribution in [0.1, 0.15) is 0 Å². The summed E-state index contributed by atoms with van der Waals surface area (Å²) < 4.78 is 19.3. The zero-order valence-electron chi connectivity index (χ0n) is 13.4. The van der Waals surface area contributed by atoms with Gasteiger partial charge in [-0.15, -0.1) is 0 Å². The molecule has 0 atom stereocenters. The zero-order chi connectivity index (χ0) is 16.5. The number of hydrogen-bond acceptors (Lipinski definition) is 5. The van der Waals surface area contributed by atoms with Gasteiger partial charge in [-0.25, -0.2) is 14.4 Å². The monoisotopic (exact) mass is 327 g/mol. The molecule has 1 fully saturated rings. The van der Waals surface area contributed by atoms with E-state index < -0.39 is 0 Å². The first kappa shape index (κ1) is 14.7. The van der Waals surface area contributed by atoms with Gasteiger partial charge in [0.05, 0.1) is 18.2 Å². The third-order valence-electron chi connectivity index (χ3n) is 4.41. The lowest BCUT2D eigenvalue weighted by molar-refractivity contribution is 0.413. The highest BCUT2D eigenvalue weighted by Gasteiger charge is 2.22. The van der Waals surface area contributed by atoms with Crippen LogP contribution in [0.5, 0.6) is 5.75 Å². The van der Waals surface area contributed by atoms with Crippen molar-refractivity contribution in [3.63, 3.8) is 0 Å². The summed E-state index contributed by atoms with van der Waals surface area (Å²) in [4.78, 5) is 16.0. The Hall–Kier alpha value is -2.83. The molecule has 24 heavy (non-hydrogen) atoms. The van der Waals surface area contributed by atoms with Crippen LogP contribution in [0.3, 0.4) is 0 Å². The van der Waals surface area contributed by atoms with E-state index in [2.05, 4.69) is 19.9 Å². The van der Waals surface area contributed by atoms with Crippen LogP contribution < -0.4 is 14.5 Å². The molecule has 0 amide bonds. The molecule has 0 aliphatic carbocycles. The third kappa shape index (κ3) is 2.51. The van der Waals surface area contributed by atoms with Crippen molar-refractivity contribution < 1.29 is 9.13 Å². The predicted molar refractivity (Wildman–Crippen MR) is 91.3 cm³/mol. The Kier molecular flexibility index (Phi) is 3.68. The standard InChI is InChI=1S/C17H18FN5O/c1-24-12-2-3-14(18)15(10-12)22-6-8-23(9-7-22)17-13-4-5-19-16(13)20-11-21-17/h2-5,10-11H,6-9H2,1H3,(H,19,20,21). The molecular formula is C17H18FN5O. The highest BCUT2D eigenvalue weighted by Crippen LogP contribution is 2.28. The number of ether oxygens (including phenoxy) is 1. The van der Waals surface area contributed by atoms with Crippen molar-refractivity contribution in [3.8, 4) is 5.75 Å². The summed E-state index contributed by atoms with van der Waals surface area (Å²) in [5.74, 6) is 1.37. The van der Waals surface area contributed by atoms with Gasteiger partial charge in [0.25, 0.3) is 0 Å². The average molecular weight is 327 g/mol. The first-order chi connectivity index (χ1) is 11.8. The van der Waals surface area contributed by atoms with E-state index in [0.29, 0.717) is 11.4 Å². The predicted octanol–water partition coefficient (Wildman–Crippen LogP) is 2.43. The Morgan fingerprint density at radius 1 is 1.08 bits per heavy atom. The van der Waals surface area contributed by atoms with Crippen molar-refractivity contribution in [2.45, 2.75) is 0 Å². The van der Waals surface area contributed by atoms with Gasteiger partial charge in [-0.2, -0.15) is 0 Å². The number of piperazine rings is 1. The highest BCUT2D eigenvalue weighted by atomic mass is 19.1. The van der Waals surface area contributed by atoms with Gasteiger partial charge in [-0.3, -0.25) is 0 Å². The van der Waals surface area contributed by atoms with Crippen molar-refractivity contribution in [1.82, 2.24) is 15.0 Å². The lowest BCUT2D eigenvalue weighted by Gasteiger charge is -2.37. The summed E-state index contributed by atoms with van der Waals surface area (Å²) in [6.07, 6.45) is 3.44. The second-order valence-electron chi connectivity index (χ2n) is 5.73. The molecule has 1 saturated heterocycles. The van der Waals surface area contributed by atoms with E-state index in [1.807, 2.05) is 17.2 Å². The van der Waals surface area contributed by atoms with Crippen LogP contribution in [-0.4, -0.2) is 48.2 Å². The van der Waals surface area contributed by atoms with E-state index >= 15 is 0 Å². The molecular weight excluding hydrogens is 309 g/mol. The fourth-order valence-corrected chi connectivity index (χ4v) is 3.13. The molecule has 0 unspecified atom stereocenters. The van der Waals surface area contributed by atoms with Crippen molar-refractivity contribution >= 4 is 22.5 Å². The number of methoxy groups -OCH3 is 1. The van der Waals surface area contributed by atoms with Crippen molar-refractivity contribution in [2.24, 2.45) is 0 Å². The Labute approximate surface area is 138 Å². The Balaban J connectivity index is 1.54. The Bertz CT molecular complexity index is 857. The summed E-state index contributed by atoms with van der Waals surface area (Å²) in [6, 6.07) is 6.83. The van der Waals surface area contributed by atoms with Crippen molar-refractivity contribution in [2.75, 3.05) is 43.1 Å². The molecule has 3 aromatic rings. The number of nitrogens with zero attached hydrogens (tertiary/aromatic N) is 4. The number of anilines is 2. The molecule has 3 heterocycles. The van der Waals surface area contributed by atoms with E-state index in [-0.39, 0.29) is 5.82 Å². The maximum atomic E-state index is 14.1. The summed E-state index contributed by atoms with van der Waals surface area (Å²) in [7, 11) is 1.59. The van der Waals surface area contributed by atoms with Crippen LogP contribution in [0.15, 0.2) is 36.8 Å². The molecule has 0 saturated carbocycles. The molecule has 1 aromatic carbocycles. The molecule has 124 valence electrons. The molecule has 1 N–H and O–H groups in total. The number of benzene rings is 1. The van der Waals surface area contributed by atoms with E-state index in [1.165, 1.54) is 6.07 Å². The maximum Gasteiger partial charge on any atom is 0.146 e. The van der Waals surface area contributed by atoms with Crippen LogP contribution in [0.4, 0.5) is 15.9 Å². The summed E-state index contributed by atoms with van der Waals surface area (Å²) in [6.45, 7) is 2.99. The number of hydrogen-bond donors (Lipinski definition) is 1. The third-order valence-corrected chi connectivity index (χ3v) is 4.41. The number of nitrogens with one attached hydrogen (secondary N) is 1. The van der Waals surface area contributed by atoms with Crippen LogP contribution in [0.2, 0.25) is 0 Å². The van der Waals surface area contributed by atoms with Crippen molar-refractivity contribution in [1.29, 1.82) is 0 Å². The van der Waals surface area contributed by atoms with Gasteiger partial charge < -0.3 is 19.5 Å². The molecule has 0 radical (unpaired) electrons. The van der Waals surface area contributed by atoms with Gasteiger partial charge >= 0.3 is 0 Å². The number of aromatic nitrogens is 3. The second-order valence-corrected chi connectivity index (χ2v) is 5.73. The normalized spacial score (nSPS) is 15.1. The maximum absolute atomic E-state index is 14.1. The number of halogens is 1. The SMILES string of the molecule is COc1ccc(F)c(N2CCN(c3ncnc4[nH]ccc34)CC2)c1. The lowest BCUT2D eigenvalue weighted by Crippen LogP contribution is -2.47. The molecule has 2 aromatic heterocycles. The van der Waals surface area contributed by atoms with Crippen molar-refractivity contribution in [3.05, 3.63) is 42.6 Å². The highest BCUT2D eigenvalue weighted by molar-refractivity contribution is 5.87. The van der Waals surface area contributed by atoms with Gasteiger partial charge in [0, 0.05) is 38.4 Å². The van der Waals surface area contributed by atoms with Gasteiger partial charge in [0.1, 0.15) is 29.4 Å². The molecule has 1 aliphatic rings. The largest absolute Gasteiger partial charge is 0.497 e. The van der Waals surface area contributed by atoms with Crippen LogP contribution in [0, 0.1) is 5.82 Å². The van der Waals surface area contributed by atoms with Gasteiger partial charge in [-0.05, 0) is 18.2 Å². The fourth-order valence-electron chi connectivity index (χ4n) is 3.13. The summed E-state index contributed by atoms with van der Waals surface area (Å²) in [5.41, 5.74) is 1.42. The first-order valence-corrected chi connectivity index (χ1v) is 7.88. The van der Waals surface area contributed by atoms with E-state index in [9.17, 15) is 4.39 Å². The minimum absolute atomic E-state index is 0.223. The minimum Gasteiger partial charge on any atom is -0.497 e. The summed E-state index contributed by atoms with van der Waals surface area (Å²) >= 11 is 0. The molecule has 7 heteroatoms. The molecule has 0 bridgehead atoms. The minimum atomic E-state index is -0.223. The first-order valence-electron chi connectivity index (χ1n) is 7.88. The number of aromatic amines is 1. The number of H-pyrrole nitrogens is 1. The molecule has 4 rings (SSSR count). The average Bonchev–Trinajstić information content (AvgIpc) is 3.11. The molecule has 0 spiro atoms. The van der Waals surface area contributed by atoms with Crippen LogP contribution in [0.25, 0.3) is 11.0 Å². The smallest absolute Gasteiger partial charge is 0.146 e. The Morgan fingerprint density at radius 3 is 2.67 bits per heavy atom. The second kappa shape index (κ2) is 5.99. The molecule has 1 aliphatic heterocycles. The Morgan fingerprint density at radius 2 is 1.88 bits per heavy atom. The van der Waals surface area contributed by atoms with Crippen LogP contribution in [-0.2, 0) is 0 Å². The number of rotatable bonds is 3. The van der Waals surface area contributed by atoms with E-state index in [4.69, 9.17) is 4.74 Å². The van der Waals surface area contributed by atoms with Crippen LogP contribution >= 0.6 is 0 Å².